The highest BCUT2D eigenvalue weighted by Crippen LogP contribution is 2.25. The van der Waals surface area contributed by atoms with E-state index in [0.717, 1.165) is 21.9 Å². The van der Waals surface area contributed by atoms with Crippen molar-refractivity contribution in [2.45, 2.75) is 6.54 Å². The predicted molar refractivity (Wildman–Crippen MR) is 107 cm³/mol. The van der Waals surface area contributed by atoms with Gasteiger partial charge < -0.3 is 5.32 Å². The summed E-state index contributed by atoms with van der Waals surface area (Å²) in [7, 11) is 0. The van der Waals surface area contributed by atoms with E-state index in [-0.39, 0.29) is 11.8 Å². The van der Waals surface area contributed by atoms with E-state index in [0.29, 0.717) is 17.4 Å². The molecule has 2 N–H and O–H groups in total. The van der Waals surface area contributed by atoms with Crippen LogP contribution >= 0.6 is 11.3 Å². The lowest BCUT2D eigenvalue weighted by Gasteiger charge is -2.08. The number of carbonyl (C=O) groups excluding carboxylic acids is 1. The Labute approximate surface area is 159 Å². The lowest BCUT2D eigenvalue weighted by atomic mass is 10.0. The molecular formula is C21H16FN3OS. The molecule has 0 fully saturated rings. The average molecular weight is 377 g/mol. The summed E-state index contributed by atoms with van der Waals surface area (Å²) in [6.45, 7) is 0.420. The molecule has 0 atom stereocenters. The molecule has 3 aromatic carbocycles. The highest BCUT2D eigenvalue weighted by Gasteiger charge is 2.09. The normalized spacial score (nSPS) is 10.7. The fourth-order valence-electron chi connectivity index (χ4n) is 2.85. The maximum Gasteiger partial charge on any atom is 0.321 e. The SMILES string of the molecule is O=C(NCc1cccc2ccccc12)Nc1nc(-c2ccc(F)cc2)cs1. The molecule has 0 aliphatic rings. The molecule has 0 spiro atoms. The van der Waals surface area contributed by atoms with Gasteiger partial charge in [-0.25, -0.2) is 14.2 Å². The third-order valence-corrected chi connectivity index (χ3v) is 4.94. The minimum Gasteiger partial charge on any atom is -0.334 e. The summed E-state index contributed by atoms with van der Waals surface area (Å²) in [5.41, 5.74) is 2.55. The van der Waals surface area contributed by atoms with Crippen molar-refractivity contribution in [3.05, 3.63) is 83.5 Å². The largest absolute Gasteiger partial charge is 0.334 e. The van der Waals surface area contributed by atoms with Gasteiger partial charge in [0.1, 0.15) is 5.82 Å². The molecule has 4 aromatic rings. The number of hydrogen-bond donors (Lipinski definition) is 2. The van der Waals surface area contributed by atoms with Crippen LogP contribution in [0.5, 0.6) is 0 Å². The summed E-state index contributed by atoms with van der Waals surface area (Å²) < 4.78 is 13.0. The number of halogens is 1. The number of anilines is 1. The van der Waals surface area contributed by atoms with Crippen LogP contribution in [0.15, 0.2) is 72.1 Å². The Kier molecular flexibility index (Phi) is 4.80. The van der Waals surface area contributed by atoms with E-state index in [2.05, 4.69) is 15.6 Å². The fourth-order valence-corrected chi connectivity index (χ4v) is 3.56. The third kappa shape index (κ3) is 3.96. The van der Waals surface area contributed by atoms with Gasteiger partial charge in [0, 0.05) is 17.5 Å². The Morgan fingerprint density at radius 1 is 1.00 bits per heavy atom. The van der Waals surface area contributed by atoms with Gasteiger partial charge in [-0.15, -0.1) is 11.3 Å². The number of nitrogens with one attached hydrogen (secondary N) is 2. The maximum atomic E-state index is 13.0. The topological polar surface area (TPSA) is 54.0 Å². The number of hydrogen-bond acceptors (Lipinski definition) is 3. The summed E-state index contributed by atoms with van der Waals surface area (Å²) in [4.78, 5) is 16.6. The van der Waals surface area contributed by atoms with Crippen LogP contribution in [0.4, 0.5) is 14.3 Å². The van der Waals surface area contributed by atoms with Crippen molar-refractivity contribution in [2.24, 2.45) is 0 Å². The quantitative estimate of drug-likeness (QED) is 0.499. The molecule has 1 aromatic heterocycles. The zero-order valence-electron chi connectivity index (χ0n) is 14.3. The van der Waals surface area contributed by atoms with Crippen LogP contribution in [-0.4, -0.2) is 11.0 Å². The van der Waals surface area contributed by atoms with Crippen LogP contribution in [0.3, 0.4) is 0 Å². The van der Waals surface area contributed by atoms with Gasteiger partial charge in [-0.1, -0.05) is 42.5 Å². The van der Waals surface area contributed by atoms with Crippen LogP contribution in [0.1, 0.15) is 5.56 Å². The van der Waals surface area contributed by atoms with Crippen molar-refractivity contribution in [1.82, 2.24) is 10.3 Å². The van der Waals surface area contributed by atoms with E-state index in [4.69, 9.17) is 0 Å². The van der Waals surface area contributed by atoms with Crippen molar-refractivity contribution in [3.63, 3.8) is 0 Å². The first kappa shape index (κ1) is 17.2. The molecule has 0 saturated heterocycles. The lowest BCUT2D eigenvalue weighted by Crippen LogP contribution is -2.28. The summed E-state index contributed by atoms with van der Waals surface area (Å²) in [5, 5.41) is 10.2. The predicted octanol–water partition coefficient (Wildman–Crippen LogP) is 5.42. The Morgan fingerprint density at radius 2 is 1.78 bits per heavy atom. The van der Waals surface area contributed by atoms with E-state index < -0.39 is 0 Å². The smallest absolute Gasteiger partial charge is 0.321 e. The van der Waals surface area contributed by atoms with Crippen LogP contribution < -0.4 is 10.6 Å². The summed E-state index contributed by atoms with van der Waals surface area (Å²) in [6.07, 6.45) is 0. The lowest BCUT2D eigenvalue weighted by molar-refractivity contribution is 0.252. The van der Waals surface area contributed by atoms with Crippen molar-refractivity contribution in [2.75, 3.05) is 5.32 Å². The number of nitrogens with zero attached hydrogens (tertiary/aromatic N) is 1. The number of urea groups is 1. The average Bonchev–Trinajstić information content (AvgIpc) is 3.15. The number of rotatable bonds is 4. The minimum absolute atomic E-state index is 0.292. The Hall–Kier alpha value is -3.25. The van der Waals surface area contributed by atoms with Gasteiger partial charge >= 0.3 is 6.03 Å². The molecule has 0 radical (unpaired) electrons. The Bertz CT molecular complexity index is 1090. The number of fused-ring (bicyclic) bond motifs is 1. The van der Waals surface area contributed by atoms with Gasteiger partial charge in [0.2, 0.25) is 0 Å². The van der Waals surface area contributed by atoms with Gasteiger partial charge in [0.25, 0.3) is 0 Å². The molecule has 0 bridgehead atoms. The number of carbonyl (C=O) groups is 1. The number of amides is 2. The van der Waals surface area contributed by atoms with Gasteiger partial charge in [0.05, 0.1) is 5.69 Å². The summed E-state index contributed by atoms with van der Waals surface area (Å²) >= 11 is 1.32. The molecule has 0 aliphatic heterocycles. The molecule has 134 valence electrons. The zero-order valence-corrected chi connectivity index (χ0v) is 15.1. The van der Waals surface area contributed by atoms with Crippen molar-refractivity contribution in [1.29, 1.82) is 0 Å². The van der Waals surface area contributed by atoms with Crippen molar-refractivity contribution >= 4 is 33.3 Å². The number of aromatic nitrogens is 1. The fraction of sp³-hybridized carbons (Fsp3) is 0.0476. The van der Waals surface area contributed by atoms with Crippen LogP contribution in [0.2, 0.25) is 0 Å². The Morgan fingerprint density at radius 3 is 2.63 bits per heavy atom. The van der Waals surface area contributed by atoms with Gasteiger partial charge in [-0.05, 0) is 40.6 Å². The number of thiazole rings is 1. The molecule has 27 heavy (non-hydrogen) atoms. The molecule has 0 unspecified atom stereocenters. The van der Waals surface area contributed by atoms with E-state index in [1.54, 1.807) is 12.1 Å². The summed E-state index contributed by atoms with van der Waals surface area (Å²) in [6, 6.07) is 19.9. The Balaban J connectivity index is 1.40. The van der Waals surface area contributed by atoms with E-state index >= 15 is 0 Å². The van der Waals surface area contributed by atoms with Gasteiger partial charge in [-0.3, -0.25) is 5.32 Å². The third-order valence-electron chi connectivity index (χ3n) is 4.18. The zero-order chi connectivity index (χ0) is 18.6. The molecule has 6 heteroatoms. The first-order valence-electron chi connectivity index (χ1n) is 8.42. The molecule has 1 heterocycles. The molecule has 0 saturated carbocycles. The summed E-state index contributed by atoms with van der Waals surface area (Å²) in [5.74, 6) is -0.292. The van der Waals surface area contributed by atoms with Gasteiger partial charge in [0.15, 0.2) is 5.13 Å². The second-order valence-corrected chi connectivity index (χ2v) is 6.85. The van der Waals surface area contributed by atoms with E-state index in [1.807, 2.05) is 47.8 Å². The molecule has 0 aliphatic carbocycles. The highest BCUT2D eigenvalue weighted by molar-refractivity contribution is 7.14. The minimum atomic E-state index is -0.317. The second-order valence-electron chi connectivity index (χ2n) is 5.99. The molecule has 4 nitrogen and oxygen atoms in total. The standard InChI is InChI=1S/C21H16FN3OS/c22-17-10-8-15(9-11-17)19-13-27-21(24-19)25-20(26)23-12-16-6-3-5-14-4-1-2-7-18(14)16/h1-11,13H,12H2,(H2,23,24,25,26). The monoisotopic (exact) mass is 377 g/mol. The van der Waals surface area contributed by atoms with Crippen LogP contribution in [0.25, 0.3) is 22.0 Å². The molecular weight excluding hydrogens is 361 g/mol. The van der Waals surface area contributed by atoms with Crippen molar-refractivity contribution < 1.29 is 9.18 Å². The van der Waals surface area contributed by atoms with Crippen LogP contribution in [0, 0.1) is 5.82 Å². The van der Waals surface area contributed by atoms with Crippen LogP contribution in [-0.2, 0) is 6.54 Å². The first-order valence-corrected chi connectivity index (χ1v) is 9.30. The maximum absolute atomic E-state index is 13.0. The van der Waals surface area contributed by atoms with E-state index in [1.165, 1.54) is 23.5 Å². The van der Waals surface area contributed by atoms with Crippen molar-refractivity contribution in [3.8, 4) is 11.3 Å². The van der Waals surface area contributed by atoms with E-state index in [9.17, 15) is 9.18 Å². The second kappa shape index (κ2) is 7.55. The molecule has 4 rings (SSSR count). The molecule has 2 amide bonds. The number of benzene rings is 3. The van der Waals surface area contributed by atoms with Gasteiger partial charge in [-0.2, -0.15) is 0 Å². The first-order chi connectivity index (χ1) is 13.2. The highest BCUT2D eigenvalue weighted by atomic mass is 32.1.